The fraction of sp³-hybridized carbons (Fsp3) is 0.533. The second kappa shape index (κ2) is 12.5. The summed E-state index contributed by atoms with van der Waals surface area (Å²) in [5.41, 5.74) is 3.49. The molecular formula is C30H41N5O2. The Hall–Kier alpha value is -3.06. The maximum absolute atomic E-state index is 13.8. The third-order valence-electron chi connectivity index (χ3n) is 8.11. The van der Waals surface area contributed by atoms with Crippen LogP contribution < -0.4 is 15.5 Å². The number of carbonyl (C=O) groups is 2. The molecular weight excluding hydrogens is 462 g/mol. The van der Waals surface area contributed by atoms with Crippen LogP contribution in [0.15, 0.2) is 42.6 Å². The van der Waals surface area contributed by atoms with Crippen LogP contribution in [0.5, 0.6) is 0 Å². The number of carbonyl (C=O) groups excluding carboxylic acids is 2. The summed E-state index contributed by atoms with van der Waals surface area (Å²) in [5.74, 6) is 0.131. The number of nitrogens with zero attached hydrogens (tertiary/aromatic N) is 2. The van der Waals surface area contributed by atoms with Gasteiger partial charge in [0.15, 0.2) is 5.78 Å². The van der Waals surface area contributed by atoms with E-state index >= 15 is 0 Å². The summed E-state index contributed by atoms with van der Waals surface area (Å²) in [6.45, 7) is 4.69. The van der Waals surface area contributed by atoms with Crippen molar-refractivity contribution in [3.63, 3.8) is 0 Å². The molecule has 1 aromatic carbocycles. The van der Waals surface area contributed by atoms with Gasteiger partial charge in [-0.1, -0.05) is 44.4 Å². The molecule has 0 bridgehead atoms. The van der Waals surface area contributed by atoms with E-state index in [1.807, 2.05) is 19.1 Å². The van der Waals surface area contributed by atoms with Crippen molar-refractivity contribution in [3.8, 4) is 0 Å². The third-order valence-corrected chi connectivity index (χ3v) is 8.11. The van der Waals surface area contributed by atoms with Crippen LogP contribution >= 0.6 is 0 Å². The third kappa shape index (κ3) is 6.09. The number of hydrogen-bond donors (Lipinski definition) is 3. The summed E-state index contributed by atoms with van der Waals surface area (Å²) in [7, 11) is 1.73. The highest BCUT2D eigenvalue weighted by molar-refractivity contribution is 6.42. The maximum Gasteiger partial charge on any atom is 0.237 e. The number of aromatic nitrogens is 1. The highest BCUT2D eigenvalue weighted by Crippen LogP contribution is 2.34. The lowest BCUT2D eigenvalue weighted by atomic mass is 9.78. The molecule has 4 rings (SSSR count). The van der Waals surface area contributed by atoms with E-state index in [1.54, 1.807) is 20.2 Å². The fourth-order valence-corrected chi connectivity index (χ4v) is 5.79. The summed E-state index contributed by atoms with van der Waals surface area (Å²) in [5, 5.41) is 15.0. The monoisotopic (exact) mass is 503 g/mol. The lowest BCUT2D eigenvalue weighted by molar-refractivity contribution is -0.127. The maximum atomic E-state index is 13.8. The Labute approximate surface area is 220 Å². The van der Waals surface area contributed by atoms with Crippen molar-refractivity contribution < 1.29 is 9.59 Å². The molecule has 7 heteroatoms. The molecule has 7 nitrogen and oxygen atoms in total. The molecule has 1 fully saturated rings. The quantitative estimate of drug-likeness (QED) is 0.400. The number of Topliss-reactive ketones (excluding diaryl/α,β-unsaturated/α-hetero) is 1. The van der Waals surface area contributed by atoms with E-state index in [2.05, 4.69) is 44.8 Å². The average Bonchev–Trinajstić information content (AvgIpc) is 2.95. The molecule has 2 aliphatic rings. The van der Waals surface area contributed by atoms with Crippen molar-refractivity contribution in [1.82, 2.24) is 15.6 Å². The Morgan fingerprint density at radius 2 is 1.89 bits per heavy atom. The van der Waals surface area contributed by atoms with Gasteiger partial charge in [-0.2, -0.15) is 0 Å². The minimum absolute atomic E-state index is 0.0740. The Kier molecular flexibility index (Phi) is 9.09. The molecule has 0 spiro atoms. The number of para-hydroxylation sites is 1. The van der Waals surface area contributed by atoms with E-state index in [-0.39, 0.29) is 29.2 Å². The molecule has 3 N–H and O–H groups in total. The normalized spacial score (nSPS) is 18.4. The van der Waals surface area contributed by atoms with Gasteiger partial charge in [0.05, 0.1) is 17.8 Å². The van der Waals surface area contributed by atoms with E-state index in [0.29, 0.717) is 6.42 Å². The first kappa shape index (κ1) is 27.0. The number of pyridine rings is 1. The second-order valence-electron chi connectivity index (χ2n) is 10.5. The van der Waals surface area contributed by atoms with Crippen molar-refractivity contribution in [3.05, 3.63) is 53.7 Å². The number of likely N-dealkylation sites (N-methyl/N-ethyl adjacent to an activating group) is 1. The second-order valence-corrected chi connectivity index (χ2v) is 10.5. The van der Waals surface area contributed by atoms with Gasteiger partial charge in [-0.25, -0.2) is 4.98 Å². The smallest absolute Gasteiger partial charge is 0.237 e. The lowest BCUT2D eigenvalue weighted by Gasteiger charge is -2.32. The largest absolute Gasteiger partial charge is 0.344 e. The number of aryl methyl sites for hydroxylation is 1. The van der Waals surface area contributed by atoms with Gasteiger partial charge >= 0.3 is 0 Å². The predicted molar refractivity (Wildman–Crippen MR) is 149 cm³/mol. The van der Waals surface area contributed by atoms with Crippen molar-refractivity contribution in [2.45, 2.75) is 83.2 Å². The molecule has 3 unspecified atom stereocenters. The zero-order valence-electron chi connectivity index (χ0n) is 22.4. The molecule has 0 saturated heterocycles. The summed E-state index contributed by atoms with van der Waals surface area (Å²) in [6, 6.07) is 11.3. The minimum Gasteiger partial charge on any atom is -0.344 e. The van der Waals surface area contributed by atoms with Crippen LogP contribution in [-0.2, 0) is 16.0 Å². The van der Waals surface area contributed by atoms with Gasteiger partial charge < -0.3 is 20.9 Å². The SMILES string of the molecule is CCC(C(=N)C(=O)C(NC(=O)C(C)NC)C1CCCCC1)c1ccnc(N2CCCc3ccccc32)c1. The number of rotatable bonds is 10. The summed E-state index contributed by atoms with van der Waals surface area (Å²) in [6.07, 6.45) is 9.62. The van der Waals surface area contributed by atoms with Crippen LogP contribution in [0.4, 0.5) is 11.5 Å². The molecule has 198 valence electrons. The van der Waals surface area contributed by atoms with Gasteiger partial charge in [-0.15, -0.1) is 0 Å². The molecule has 1 aliphatic heterocycles. The molecule has 1 aromatic heterocycles. The zero-order valence-corrected chi connectivity index (χ0v) is 22.4. The van der Waals surface area contributed by atoms with Gasteiger partial charge in [-0.3, -0.25) is 9.59 Å². The highest BCUT2D eigenvalue weighted by Gasteiger charge is 2.36. The number of amides is 1. The minimum atomic E-state index is -0.652. The topological polar surface area (TPSA) is 98.2 Å². The number of nitrogens with one attached hydrogen (secondary N) is 3. The highest BCUT2D eigenvalue weighted by atomic mass is 16.2. The summed E-state index contributed by atoms with van der Waals surface area (Å²) < 4.78 is 0. The van der Waals surface area contributed by atoms with Crippen molar-refractivity contribution in [2.24, 2.45) is 5.92 Å². The molecule has 0 radical (unpaired) electrons. The predicted octanol–water partition coefficient (Wildman–Crippen LogP) is 4.92. The Morgan fingerprint density at radius 3 is 2.62 bits per heavy atom. The standard InChI is InChI=1S/C30H41N5O2/c1-4-24(23-16-17-33-26(19-23)35-18-10-14-21-11-8-9-15-25(21)35)27(31)29(36)28(22-12-6-5-7-13-22)34-30(37)20(2)32-3/h8-9,11,15-17,19-20,22,24,28,31-32H,4-7,10,12-14,18H2,1-3H3,(H,34,37). The van der Waals surface area contributed by atoms with Crippen LogP contribution in [0.2, 0.25) is 0 Å². The fourth-order valence-electron chi connectivity index (χ4n) is 5.79. The Bertz CT molecular complexity index is 1110. The van der Waals surface area contributed by atoms with Gasteiger partial charge in [-0.05, 0) is 81.3 Å². The Balaban J connectivity index is 1.59. The number of anilines is 2. The van der Waals surface area contributed by atoms with Crippen LogP contribution in [0.3, 0.4) is 0 Å². The Morgan fingerprint density at radius 1 is 1.14 bits per heavy atom. The molecule has 1 aliphatic carbocycles. The number of hydrogen-bond acceptors (Lipinski definition) is 6. The zero-order chi connectivity index (χ0) is 26.4. The number of ketones is 1. The van der Waals surface area contributed by atoms with Gasteiger partial charge in [0, 0.05) is 24.3 Å². The van der Waals surface area contributed by atoms with Crippen LogP contribution in [-0.4, -0.2) is 48.1 Å². The molecule has 2 heterocycles. The lowest BCUT2D eigenvalue weighted by Crippen LogP contribution is -2.53. The summed E-state index contributed by atoms with van der Waals surface area (Å²) in [4.78, 5) is 33.5. The van der Waals surface area contributed by atoms with Crippen LogP contribution in [0.1, 0.15) is 75.8 Å². The van der Waals surface area contributed by atoms with Gasteiger partial charge in [0.1, 0.15) is 5.82 Å². The first-order valence-corrected chi connectivity index (χ1v) is 13.9. The van der Waals surface area contributed by atoms with E-state index in [1.165, 1.54) is 11.3 Å². The van der Waals surface area contributed by atoms with Gasteiger partial charge in [0.25, 0.3) is 0 Å². The molecule has 2 aromatic rings. The molecule has 3 atom stereocenters. The average molecular weight is 504 g/mol. The van der Waals surface area contributed by atoms with Crippen molar-refractivity contribution in [1.29, 1.82) is 5.41 Å². The molecule has 1 amide bonds. The van der Waals surface area contributed by atoms with Crippen LogP contribution in [0, 0.1) is 11.3 Å². The van der Waals surface area contributed by atoms with Gasteiger partial charge in [0.2, 0.25) is 5.91 Å². The first-order chi connectivity index (χ1) is 17.9. The van der Waals surface area contributed by atoms with E-state index in [0.717, 1.165) is 62.9 Å². The van der Waals surface area contributed by atoms with Crippen molar-refractivity contribution in [2.75, 3.05) is 18.5 Å². The number of fused-ring (bicyclic) bond motifs is 1. The van der Waals surface area contributed by atoms with E-state index in [9.17, 15) is 9.59 Å². The molecule has 1 saturated carbocycles. The number of benzene rings is 1. The van der Waals surface area contributed by atoms with Crippen LogP contribution in [0.25, 0.3) is 0 Å². The summed E-state index contributed by atoms with van der Waals surface area (Å²) >= 11 is 0. The van der Waals surface area contributed by atoms with E-state index < -0.39 is 12.1 Å². The van der Waals surface area contributed by atoms with Crippen molar-refractivity contribution >= 4 is 28.9 Å². The first-order valence-electron chi connectivity index (χ1n) is 13.9. The van der Waals surface area contributed by atoms with E-state index in [4.69, 9.17) is 5.41 Å². The molecule has 37 heavy (non-hydrogen) atoms.